The molecule has 20 heavy (non-hydrogen) atoms. The first-order valence-corrected chi connectivity index (χ1v) is 5.74. The van der Waals surface area contributed by atoms with E-state index in [1.165, 1.54) is 6.92 Å². The first kappa shape index (κ1) is 16.6. The predicted octanol–water partition coefficient (Wildman–Crippen LogP) is 3.80. The van der Waals surface area contributed by atoms with Crippen LogP contribution in [0.15, 0.2) is 6.07 Å². The number of aromatic nitrogens is 1. The van der Waals surface area contributed by atoms with Crippen molar-refractivity contribution in [1.29, 1.82) is 0 Å². The summed E-state index contributed by atoms with van der Waals surface area (Å²) in [4.78, 5) is 14.1. The van der Waals surface area contributed by atoms with Crippen LogP contribution in [-0.4, -0.2) is 17.6 Å². The molecule has 1 aromatic rings. The van der Waals surface area contributed by atoms with Crippen LogP contribution in [0.3, 0.4) is 0 Å². The minimum Gasteiger partial charge on any atom is -0.466 e. The van der Waals surface area contributed by atoms with E-state index < -0.39 is 47.0 Å². The topological polar surface area (TPSA) is 39.2 Å². The Hall–Kier alpha value is -1.44. The van der Waals surface area contributed by atoms with Gasteiger partial charge in [0.1, 0.15) is 11.4 Å². The highest BCUT2D eigenvalue weighted by atomic mass is 35.5. The lowest BCUT2D eigenvalue weighted by Gasteiger charge is -2.13. The Bertz CT molecular complexity index is 504. The van der Waals surface area contributed by atoms with E-state index in [2.05, 4.69) is 9.72 Å². The number of hydrogen-bond donors (Lipinski definition) is 0. The Kier molecular flexibility index (Phi) is 5.27. The van der Waals surface area contributed by atoms with E-state index in [0.717, 1.165) is 0 Å². The van der Waals surface area contributed by atoms with Crippen LogP contribution in [0.4, 0.5) is 22.0 Å². The fraction of sp³-hybridized carbons (Fsp3) is 0.455. The van der Waals surface area contributed by atoms with Crippen LogP contribution in [-0.2, 0) is 22.1 Å². The number of carbonyl (C=O) groups excluding carboxylic acids is 1. The highest BCUT2D eigenvalue weighted by Crippen LogP contribution is 2.34. The number of carbonyl (C=O) groups is 1. The van der Waals surface area contributed by atoms with Gasteiger partial charge in [-0.15, -0.1) is 0 Å². The first-order valence-electron chi connectivity index (χ1n) is 5.37. The maximum atomic E-state index is 12.8. The molecule has 0 amide bonds. The molecule has 0 aliphatic carbocycles. The molecule has 9 heteroatoms. The van der Waals surface area contributed by atoms with Crippen LogP contribution in [0.2, 0.25) is 5.02 Å². The zero-order chi connectivity index (χ0) is 15.5. The van der Waals surface area contributed by atoms with Gasteiger partial charge in [-0.2, -0.15) is 13.2 Å². The van der Waals surface area contributed by atoms with Gasteiger partial charge in [-0.05, 0) is 13.0 Å². The molecule has 112 valence electrons. The minimum atomic E-state index is -4.91. The second kappa shape index (κ2) is 6.34. The number of nitrogens with zero attached hydrogens (tertiary/aromatic N) is 1. The fourth-order valence-electron chi connectivity index (χ4n) is 1.42. The number of ether oxygens (including phenoxy) is 1. The number of hydrogen-bond acceptors (Lipinski definition) is 3. The zero-order valence-electron chi connectivity index (χ0n) is 10.1. The Labute approximate surface area is 115 Å². The SMILES string of the molecule is CCOC(=O)Cc1c(Cl)cc(C(F)(F)F)nc1C(F)F. The van der Waals surface area contributed by atoms with Crippen LogP contribution in [0.25, 0.3) is 0 Å². The third kappa shape index (κ3) is 4.03. The summed E-state index contributed by atoms with van der Waals surface area (Å²) in [6.45, 7) is 1.51. The van der Waals surface area contributed by atoms with Crippen LogP contribution < -0.4 is 0 Å². The Morgan fingerprint density at radius 3 is 2.50 bits per heavy atom. The van der Waals surface area contributed by atoms with Crippen LogP contribution in [0.1, 0.15) is 30.3 Å². The lowest BCUT2D eigenvalue weighted by Crippen LogP contribution is -2.15. The number of rotatable bonds is 4. The average Bonchev–Trinajstić information content (AvgIpc) is 2.30. The fourth-order valence-corrected chi connectivity index (χ4v) is 1.68. The monoisotopic (exact) mass is 317 g/mol. The van der Waals surface area contributed by atoms with Gasteiger partial charge in [0, 0.05) is 10.6 Å². The van der Waals surface area contributed by atoms with E-state index in [9.17, 15) is 26.7 Å². The molecule has 0 saturated carbocycles. The summed E-state index contributed by atoms with van der Waals surface area (Å²) >= 11 is 5.55. The van der Waals surface area contributed by atoms with Crippen LogP contribution >= 0.6 is 11.6 Å². The van der Waals surface area contributed by atoms with E-state index in [0.29, 0.717) is 6.07 Å². The molecule has 1 rings (SSSR count). The van der Waals surface area contributed by atoms with Crippen molar-refractivity contribution in [2.45, 2.75) is 25.9 Å². The second-order valence-electron chi connectivity index (χ2n) is 3.63. The Morgan fingerprint density at radius 2 is 2.05 bits per heavy atom. The molecule has 0 aliphatic rings. The average molecular weight is 318 g/mol. The maximum absolute atomic E-state index is 12.8. The molecule has 0 unspecified atom stereocenters. The van der Waals surface area contributed by atoms with E-state index in [1.54, 1.807) is 0 Å². The summed E-state index contributed by atoms with van der Waals surface area (Å²) in [6, 6.07) is 0.405. The lowest BCUT2D eigenvalue weighted by atomic mass is 10.1. The van der Waals surface area contributed by atoms with Crippen molar-refractivity contribution in [2.24, 2.45) is 0 Å². The third-order valence-electron chi connectivity index (χ3n) is 2.23. The van der Waals surface area contributed by atoms with Crippen molar-refractivity contribution >= 4 is 17.6 Å². The van der Waals surface area contributed by atoms with E-state index in [4.69, 9.17) is 11.6 Å². The molecule has 0 bridgehead atoms. The molecule has 0 N–H and O–H groups in total. The number of pyridine rings is 1. The molecule has 0 spiro atoms. The molecule has 0 fully saturated rings. The first-order chi connectivity index (χ1) is 9.16. The predicted molar refractivity (Wildman–Crippen MR) is 59.5 cm³/mol. The number of esters is 1. The van der Waals surface area contributed by atoms with Gasteiger partial charge >= 0.3 is 12.1 Å². The Balaban J connectivity index is 3.27. The molecule has 0 atom stereocenters. The Morgan fingerprint density at radius 1 is 1.45 bits per heavy atom. The van der Waals surface area contributed by atoms with Gasteiger partial charge < -0.3 is 4.74 Å². The highest BCUT2D eigenvalue weighted by Gasteiger charge is 2.35. The summed E-state index contributed by atoms with van der Waals surface area (Å²) in [5, 5.41) is -0.601. The molecule has 0 aliphatic heterocycles. The molecule has 1 aromatic heterocycles. The molecule has 0 aromatic carbocycles. The van der Waals surface area contributed by atoms with E-state index in [-0.39, 0.29) is 6.61 Å². The molecule has 0 radical (unpaired) electrons. The molecular weight excluding hydrogens is 309 g/mol. The van der Waals surface area contributed by atoms with Gasteiger partial charge in [-0.1, -0.05) is 11.6 Å². The van der Waals surface area contributed by atoms with Gasteiger partial charge in [-0.3, -0.25) is 4.79 Å². The summed E-state index contributed by atoms with van der Waals surface area (Å²) in [5.74, 6) is -0.877. The minimum absolute atomic E-state index is 0.00846. The lowest BCUT2D eigenvalue weighted by molar-refractivity contribution is -0.142. The third-order valence-corrected chi connectivity index (χ3v) is 2.56. The van der Waals surface area contributed by atoms with Crippen molar-refractivity contribution in [2.75, 3.05) is 6.61 Å². The van der Waals surface area contributed by atoms with Crippen molar-refractivity contribution < 1.29 is 31.5 Å². The van der Waals surface area contributed by atoms with Crippen molar-refractivity contribution in [3.05, 3.63) is 28.0 Å². The number of halogens is 6. The molecule has 3 nitrogen and oxygen atoms in total. The van der Waals surface area contributed by atoms with Crippen molar-refractivity contribution in [3.8, 4) is 0 Å². The molecule has 1 heterocycles. The van der Waals surface area contributed by atoms with Crippen molar-refractivity contribution in [3.63, 3.8) is 0 Å². The van der Waals surface area contributed by atoms with Gasteiger partial charge in [0.05, 0.1) is 13.0 Å². The summed E-state index contributed by atoms with van der Waals surface area (Å²) in [5.41, 5.74) is -3.17. The van der Waals surface area contributed by atoms with Gasteiger partial charge in [0.25, 0.3) is 6.43 Å². The van der Waals surface area contributed by atoms with Gasteiger partial charge in [0.2, 0.25) is 0 Å². The highest BCUT2D eigenvalue weighted by molar-refractivity contribution is 6.31. The quantitative estimate of drug-likeness (QED) is 0.626. The molecular formula is C11H9ClF5NO2. The van der Waals surface area contributed by atoms with Gasteiger partial charge in [0.15, 0.2) is 0 Å². The number of alkyl halides is 5. The van der Waals surface area contributed by atoms with Crippen molar-refractivity contribution in [1.82, 2.24) is 4.98 Å². The molecule has 0 saturated heterocycles. The van der Waals surface area contributed by atoms with E-state index in [1.807, 2.05) is 0 Å². The maximum Gasteiger partial charge on any atom is 0.433 e. The van der Waals surface area contributed by atoms with E-state index >= 15 is 0 Å². The normalized spacial score (nSPS) is 11.8. The second-order valence-corrected chi connectivity index (χ2v) is 4.04. The summed E-state index contributed by atoms with van der Waals surface area (Å²) < 4.78 is 67.5. The standard InChI is InChI=1S/C11H9ClF5NO2/c1-2-20-8(19)3-5-6(12)4-7(11(15,16)17)18-9(5)10(13)14/h4,10H,2-3H2,1H3. The van der Waals surface area contributed by atoms with Gasteiger partial charge in [-0.25, -0.2) is 13.8 Å². The smallest absolute Gasteiger partial charge is 0.433 e. The zero-order valence-corrected chi connectivity index (χ0v) is 10.9. The van der Waals surface area contributed by atoms with Crippen LogP contribution in [0.5, 0.6) is 0 Å². The summed E-state index contributed by atoms with van der Waals surface area (Å²) in [6.07, 6.45) is -8.87. The van der Waals surface area contributed by atoms with Crippen LogP contribution in [0, 0.1) is 0 Å². The summed E-state index contributed by atoms with van der Waals surface area (Å²) in [7, 11) is 0. The largest absolute Gasteiger partial charge is 0.466 e.